The number of nitrogens with zero attached hydrogens (tertiary/aromatic N) is 1. The van der Waals surface area contributed by atoms with Crippen molar-refractivity contribution in [1.29, 1.82) is 0 Å². The van der Waals surface area contributed by atoms with Gasteiger partial charge in [-0.05, 0) is 29.8 Å². The molecule has 0 fully saturated rings. The number of benzene rings is 3. The van der Waals surface area contributed by atoms with Gasteiger partial charge in [-0.3, -0.25) is 0 Å². The first-order valence-electron chi connectivity index (χ1n) is 8.39. The number of rotatable bonds is 7. The smallest absolute Gasteiger partial charge is 0.338 e. The maximum atomic E-state index is 12.1. The van der Waals surface area contributed by atoms with E-state index in [2.05, 4.69) is 29.2 Å². The molecule has 0 radical (unpaired) electrons. The van der Waals surface area contributed by atoms with E-state index < -0.39 is 0 Å². The molecule has 0 unspecified atom stereocenters. The minimum Gasteiger partial charge on any atom is -0.460 e. The summed E-state index contributed by atoms with van der Waals surface area (Å²) in [6, 6.07) is 29.6. The van der Waals surface area contributed by atoms with Crippen LogP contribution >= 0.6 is 0 Å². The van der Waals surface area contributed by atoms with Crippen molar-refractivity contribution < 1.29 is 9.53 Å². The molecule has 3 nitrogen and oxygen atoms in total. The zero-order valence-electron chi connectivity index (χ0n) is 14.0. The summed E-state index contributed by atoms with van der Waals surface area (Å²) in [6.45, 7) is 1.75. The molecule has 0 aliphatic rings. The molecule has 0 atom stereocenters. The van der Waals surface area contributed by atoms with Crippen LogP contribution in [0.2, 0.25) is 0 Å². The predicted molar refractivity (Wildman–Crippen MR) is 101 cm³/mol. The Morgan fingerprint density at radius 3 is 1.96 bits per heavy atom. The molecule has 0 N–H and O–H groups in total. The van der Waals surface area contributed by atoms with Gasteiger partial charge in [-0.1, -0.05) is 66.7 Å². The molecule has 3 aromatic carbocycles. The van der Waals surface area contributed by atoms with E-state index in [1.165, 1.54) is 5.56 Å². The summed E-state index contributed by atoms with van der Waals surface area (Å²) < 4.78 is 5.44. The summed E-state index contributed by atoms with van der Waals surface area (Å²) in [5, 5.41) is 0. The van der Waals surface area contributed by atoms with Gasteiger partial charge in [0.1, 0.15) is 6.61 Å². The van der Waals surface area contributed by atoms with Crippen LogP contribution in [0.15, 0.2) is 91.0 Å². The average molecular weight is 331 g/mol. The quantitative estimate of drug-likeness (QED) is 0.595. The van der Waals surface area contributed by atoms with Crippen LogP contribution in [0.4, 0.5) is 5.69 Å². The van der Waals surface area contributed by atoms with Crippen molar-refractivity contribution in [2.24, 2.45) is 0 Å². The zero-order chi connectivity index (χ0) is 17.3. The largest absolute Gasteiger partial charge is 0.460 e. The van der Waals surface area contributed by atoms with Crippen LogP contribution in [0, 0.1) is 0 Å². The van der Waals surface area contributed by atoms with Crippen LogP contribution in [0.25, 0.3) is 0 Å². The summed E-state index contributed by atoms with van der Waals surface area (Å²) in [7, 11) is 0. The molecular weight excluding hydrogens is 310 g/mol. The van der Waals surface area contributed by atoms with Gasteiger partial charge in [-0.25, -0.2) is 4.79 Å². The van der Waals surface area contributed by atoms with Gasteiger partial charge < -0.3 is 9.64 Å². The summed E-state index contributed by atoms with van der Waals surface area (Å²) in [5.41, 5.74) is 2.92. The number of carbonyl (C=O) groups excluding carboxylic acids is 1. The molecule has 0 bridgehead atoms. The average Bonchev–Trinajstić information content (AvgIpc) is 2.69. The van der Waals surface area contributed by atoms with Crippen molar-refractivity contribution in [3.63, 3.8) is 0 Å². The third-order valence-electron chi connectivity index (χ3n) is 3.94. The number of carbonyl (C=O) groups is 1. The molecule has 0 saturated heterocycles. The van der Waals surface area contributed by atoms with E-state index in [-0.39, 0.29) is 5.97 Å². The molecule has 0 saturated carbocycles. The van der Waals surface area contributed by atoms with E-state index in [0.717, 1.165) is 12.2 Å². The molecule has 3 heteroatoms. The van der Waals surface area contributed by atoms with E-state index >= 15 is 0 Å². The fourth-order valence-corrected chi connectivity index (χ4v) is 2.65. The van der Waals surface area contributed by atoms with Gasteiger partial charge in [0.15, 0.2) is 0 Å². The summed E-state index contributed by atoms with van der Waals surface area (Å²) in [5.74, 6) is -0.284. The highest BCUT2D eigenvalue weighted by Gasteiger charge is 2.10. The standard InChI is InChI=1S/C22H21NO2/c24-22(20-12-6-2-7-13-20)25-17-16-23(21-14-8-3-9-15-21)18-19-10-4-1-5-11-19/h1-15H,16-18H2. The van der Waals surface area contributed by atoms with Crippen molar-refractivity contribution in [2.75, 3.05) is 18.1 Å². The van der Waals surface area contributed by atoms with Crippen LogP contribution in [0.1, 0.15) is 15.9 Å². The minimum absolute atomic E-state index is 0.284. The molecule has 0 aliphatic heterocycles. The first kappa shape index (κ1) is 16.8. The van der Waals surface area contributed by atoms with Crippen molar-refractivity contribution in [1.82, 2.24) is 0 Å². The van der Waals surface area contributed by atoms with Gasteiger partial charge in [-0.2, -0.15) is 0 Å². The maximum Gasteiger partial charge on any atom is 0.338 e. The fraction of sp³-hybridized carbons (Fsp3) is 0.136. The highest BCUT2D eigenvalue weighted by atomic mass is 16.5. The van der Waals surface area contributed by atoms with Crippen LogP contribution in [-0.2, 0) is 11.3 Å². The normalized spacial score (nSPS) is 10.2. The third-order valence-corrected chi connectivity index (χ3v) is 3.94. The second-order valence-electron chi connectivity index (χ2n) is 5.74. The number of anilines is 1. The Labute approximate surface area is 148 Å². The Morgan fingerprint density at radius 1 is 0.760 bits per heavy atom. The number of hydrogen-bond donors (Lipinski definition) is 0. The van der Waals surface area contributed by atoms with E-state index in [1.54, 1.807) is 12.1 Å². The highest BCUT2D eigenvalue weighted by molar-refractivity contribution is 5.89. The molecule has 0 amide bonds. The Bertz CT molecular complexity index is 773. The lowest BCUT2D eigenvalue weighted by Crippen LogP contribution is -2.27. The van der Waals surface area contributed by atoms with E-state index in [0.29, 0.717) is 18.7 Å². The first-order chi connectivity index (χ1) is 12.3. The Balaban J connectivity index is 1.63. The molecule has 0 heterocycles. The molecule has 3 aromatic rings. The monoisotopic (exact) mass is 331 g/mol. The summed E-state index contributed by atoms with van der Waals surface area (Å²) >= 11 is 0. The molecule has 126 valence electrons. The molecule has 3 rings (SSSR count). The van der Waals surface area contributed by atoms with Crippen LogP contribution in [-0.4, -0.2) is 19.1 Å². The van der Waals surface area contributed by atoms with Crippen LogP contribution < -0.4 is 4.90 Å². The molecule has 0 aromatic heterocycles. The SMILES string of the molecule is O=C(OCCN(Cc1ccccc1)c1ccccc1)c1ccccc1. The van der Waals surface area contributed by atoms with Gasteiger partial charge in [0.25, 0.3) is 0 Å². The number of para-hydroxylation sites is 1. The van der Waals surface area contributed by atoms with E-state index in [9.17, 15) is 4.79 Å². The number of ether oxygens (including phenoxy) is 1. The van der Waals surface area contributed by atoms with Gasteiger partial charge in [0, 0.05) is 12.2 Å². The Kier molecular flexibility index (Phi) is 5.83. The lowest BCUT2D eigenvalue weighted by Gasteiger charge is -2.25. The molecule has 0 spiro atoms. The second kappa shape index (κ2) is 8.69. The van der Waals surface area contributed by atoms with Crippen LogP contribution in [0.3, 0.4) is 0 Å². The summed E-state index contributed by atoms with van der Waals surface area (Å²) in [6.07, 6.45) is 0. The van der Waals surface area contributed by atoms with E-state index in [4.69, 9.17) is 4.74 Å². The Morgan fingerprint density at radius 2 is 1.32 bits per heavy atom. The number of esters is 1. The minimum atomic E-state index is -0.284. The first-order valence-corrected chi connectivity index (χ1v) is 8.39. The zero-order valence-corrected chi connectivity index (χ0v) is 14.0. The van der Waals surface area contributed by atoms with Gasteiger partial charge >= 0.3 is 5.97 Å². The van der Waals surface area contributed by atoms with Gasteiger partial charge in [0.05, 0.1) is 12.1 Å². The number of hydrogen-bond acceptors (Lipinski definition) is 3. The van der Waals surface area contributed by atoms with Gasteiger partial charge in [-0.15, -0.1) is 0 Å². The van der Waals surface area contributed by atoms with Crippen molar-refractivity contribution in [3.05, 3.63) is 102 Å². The summed E-state index contributed by atoms with van der Waals surface area (Å²) in [4.78, 5) is 14.3. The second-order valence-corrected chi connectivity index (χ2v) is 5.74. The lowest BCUT2D eigenvalue weighted by molar-refractivity contribution is 0.0515. The van der Waals surface area contributed by atoms with Crippen molar-refractivity contribution in [3.8, 4) is 0 Å². The van der Waals surface area contributed by atoms with Crippen molar-refractivity contribution in [2.45, 2.75) is 6.54 Å². The Hall–Kier alpha value is -3.07. The molecular formula is C22H21NO2. The topological polar surface area (TPSA) is 29.5 Å². The molecule has 0 aliphatic carbocycles. The van der Waals surface area contributed by atoms with Gasteiger partial charge in [0.2, 0.25) is 0 Å². The molecule has 25 heavy (non-hydrogen) atoms. The highest BCUT2D eigenvalue weighted by Crippen LogP contribution is 2.16. The fourth-order valence-electron chi connectivity index (χ4n) is 2.65. The van der Waals surface area contributed by atoms with E-state index in [1.807, 2.05) is 54.6 Å². The lowest BCUT2D eigenvalue weighted by atomic mass is 10.2. The van der Waals surface area contributed by atoms with Crippen molar-refractivity contribution >= 4 is 11.7 Å². The third kappa shape index (κ3) is 4.95. The van der Waals surface area contributed by atoms with Crippen LogP contribution in [0.5, 0.6) is 0 Å². The maximum absolute atomic E-state index is 12.1. The predicted octanol–water partition coefficient (Wildman–Crippen LogP) is 4.55.